The van der Waals surface area contributed by atoms with Crippen molar-refractivity contribution in [1.29, 1.82) is 5.41 Å². The summed E-state index contributed by atoms with van der Waals surface area (Å²) < 4.78 is 0. The molecule has 1 aliphatic rings. The van der Waals surface area contributed by atoms with Crippen molar-refractivity contribution in [3.05, 3.63) is 17.2 Å². The maximum Gasteiger partial charge on any atom is 0.185 e. The van der Waals surface area contributed by atoms with E-state index in [1.54, 1.807) is 11.3 Å². The molecule has 1 fully saturated rings. The van der Waals surface area contributed by atoms with E-state index < -0.39 is 0 Å². The smallest absolute Gasteiger partial charge is 0.185 e. The van der Waals surface area contributed by atoms with Gasteiger partial charge in [0.15, 0.2) is 5.13 Å². The van der Waals surface area contributed by atoms with Crippen LogP contribution in [-0.4, -0.2) is 23.8 Å². The minimum absolute atomic E-state index is 0.613. The van der Waals surface area contributed by atoms with E-state index in [1.807, 2.05) is 6.92 Å². The van der Waals surface area contributed by atoms with E-state index in [0.29, 0.717) is 5.71 Å². The topological polar surface area (TPSA) is 40.0 Å². The van der Waals surface area contributed by atoms with E-state index >= 15 is 0 Å². The van der Waals surface area contributed by atoms with Crippen molar-refractivity contribution in [3.8, 4) is 0 Å². The standard InChI is InChI=1S/C14H21N3S/c1-3-4-7-12(11(2)15)13-10-18-14(16-13)17-8-5-6-9-17/h7,10,15H,3-6,8-9H2,1-2H3/b12-7+,15-11?. The number of nitrogens with zero attached hydrogens (tertiary/aromatic N) is 2. The van der Waals surface area contributed by atoms with Gasteiger partial charge in [-0.25, -0.2) is 4.98 Å². The number of hydrogen-bond acceptors (Lipinski definition) is 4. The Hall–Kier alpha value is -1.16. The molecule has 0 amide bonds. The predicted octanol–water partition coefficient (Wildman–Crippen LogP) is 3.97. The van der Waals surface area contributed by atoms with E-state index in [1.165, 1.54) is 12.8 Å². The molecule has 0 aromatic carbocycles. The molecule has 0 spiro atoms. The lowest BCUT2D eigenvalue weighted by atomic mass is 10.1. The van der Waals surface area contributed by atoms with Gasteiger partial charge in [0.1, 0.15) is 0 Å². The van der Waals surface area contributed by atoms with Crippen molar-refractivity contribution < 1.29 is 0 Å². The number of thiazole rings is 1. The van der Waals surface area contributed by atoms with Crippen LogP contribution in [0.5, 0.6) is 0 Å². The van der Waals surface area contributed by atoms with E-state index in [0.717, 1.165) is 42.3 Å². The Bertz CT molecular complexity index is 442. The van der Waals surface area contributed by atoms with Gasteiger partial charge in [0, 0.05) is 29.8 Å². The molecule has 0 radical (unpaired) electrons. The minimum Gasteiger partial charge on any atom is -0.348 e. The highest BCUT2D eigenvalue weighted by Crippen LogP contribution is 2.28. The zero-order chi connectivity index (χ0) is 13.0. The zero-order valence-electron chi connectivity index (χ0n) is 11.2. The number of allylic oxidation sites excluding steroid dienone is 2. The molecular formula is C14H21N3S. The van der Waals surface area contributed by atoms with Crippen LogP contribution in [0.3, 0.4) is 0 Å². The second kappa shape index (κ2) is 6.14. The molecule has 0 atom stereocenters. The Morgan fingerprint density at radius 3 is 2.83 bits per heavy atom. The van der Waals surface area contributed by atoms with Gasteiger partial charge in [0.25, 0.3) is 0 Å². The fraction of sp³-hybridized carbons (Fsp3) is 0.571. The van der Waals surface area contributed by atoms with Crippen LogP contribution in [0.25, 0.3) is 5.57 Å². The van der Waals surface area contributed by atoms with Gasteiger partial charge in [-0.15, -0.1) is 11.3 Å². The van der Waals surface area contributed by atoms with Crippen LogP contribution < -0.4 is 4.90 Å². The van der Waals surface area contributed by atoms with Crippen LogP contribution in [0, 0.1) is 5.41 Å². The number of anilines is 1. The van der Waals surface area contributed by atoms with E-state index in [2.05, 4.69) is 23.3 Å². The van der Waals surface area contributed by atoms with Crippen molar-refractivity contribution in [3.63, 3.8) is 0 Å². The lowest BCUT2D eigenvalue weighted by molar-refractivity contribution is 0.949. The molecule has 1 aromatic heterocycles. The lowest BCUT2D eigenvalue weighted by Gasteiger charge is -2.12. The molecule has 0 saturated carbocycles. The van der Waals surface area contributed by atoms with Crippen LogP contribution in [0.4, 0.5) is 5.13 Å². The highest BCUT2D eigenvalue weighted by atomic mass is 32.1. The molecule has 1 N–H and O–H groups in total. The molecule has 1 aliphatic heterocycles. The van der Waals surface area contributed by atoms with Crippen molar-refractivity contribution in [2.24, 2.45) is 0 Å². The summed E-state index contributed by atoms with van der Waals surface area (Å²) in [7, 11) is 0. The summed E-state index contributed by atoms with van der Waals surface area (Å²) in [6.07, 6.45) is 6.82. The number of aromatic nitrogens is 1. The third kappa shape index (κ3) is 2.99. The van der Waals surface area contributed by atoms with Gasteiger partial charge in [-0.3, -0.25) is 0 Å². The lowest BCUT2D eigenvalue weighted by Crippen LogP contribution is -2.17. The Morgan fingerprint density at radius 1 is 1.50 bits per heavy atom. The van der Waals surface area contributed by atoms with Crippen LogP contribution in [0.15, 0.2) is 11.5 Å². The number of nitrogens with one attached hydrogen (secondary N) is 1. The largest absolute Gasteiger partial charge is 0.348 e. The molecule has 2 heterocycles. The van der Waals surface area contributed by atoms with Gasteiger partial charge in [-0.2, -0.15) is 0 Å². The maximum absolute atomic E-state index is 7.87. The van der Waals surface area contributed by atoms with Crippen molar-refractivity contribution in [1.82, 2.24) is 4.98 Å². The molecule has 0 bridgehead atoms. The third-order valence-corrected chi connectivity index (χ3v) is 4.09. The molecular weight excluding hydrogens is 242 g/mol. The first-order valence-electron chi connectivity index (χ1n) is 6.69. The van der Waals surface area contributed by atoms with Gasteiger partial charge in [-0.05, 0) is 26.2 Å². The van der Waals surface area contributed by atoms with Crippen LogP contribution in [0.2, 0.25) is 0 Å². The molecule has 4 heteroatoms. The zero-order valence-corrected chi connectivity index (χ0v) is 12.0. The van der Waals surface area contributed by atoms with Crippen LogP contribution >= 0.6 is 11.3 Å². The highest BCUT2D eigenvalue weighted by Gasteiger charge is 2.17. The quantitative estimate of drug-likeness (QED) is 0.817. The first-order valence-corrected chi connectivity index (χ1v) is 7.57. The summed E-state index contributed by atoms with van der Waals surface area (Å²) in [4.78, 5) is 7.05. The molecule has 1 saturated heterocycles. The first kappa shape index (κ1) is 13.3. The Balaban J connectivity index is 2.18. The second-order valence-electron chi connectivity index (χ2n) is 4.74. The van der Waals surface area contributed by atoms with Gasteiger partial charge < -0.3 is 10.3 Å². The summed E-state index contributed by atoms with van der Waals surface area (Å²) in [5, 5.41) is 11.1. The molecule has 0 unspecified atom stereocenters. The van der Waals surface area contributed by atoms with Gasteiger partial charge in [-0.1, -0.05) is 19.4 Å². The van der Waals surface area contributed by atoms with Crippen LogP contribution in [-0.2, 0) is 0 Å². The minimum atomic E-state index is 0.613. The summed E-state index contributed by atoms with van der Waals surface area (Å²) >= 11 is 1.70. The van der Waals surface area contributed by atoms with Gasteiger partial charge >= 0.3 is 0 Å². The Kier molecular flexibility index (Phi) is 4.53. The summed E-state index contributed by atoms with van der Waals surface area (Å²) in [6.45, 7) is 6.26. The molecule has 3 nitrogen and oxygen atoms in total. The summed E-state index contributed by atoms with van der Waals surface area (Å²) in [6, 6.07) is 0. The number of rotatable bonds is 5. The first-order chi connectivity index (χ1) is 8.72. The average molecular weight is 263 g/mol. The SMILES string of the molecule is CCC/C=C(\C(C)=N)c1csc(N2CCCC2)n1. The van der Waals surface area contributed by atoms with E-state index in [9.17, 15) is 0 Å². The number of hydrogen-bond donors (Lipinski definition) is 1. The Labute approximate surface area is 113 Å². The van der Waals surface area contributed by atoms with Crippen LogP contribution in [0.1, 0.15) is 45.2 Å². The monoisotopic (exact) mass is 263 g/mol. The second-order valence-corrected chi connectivity index (χ2v) is 5.58. The summed E-state index contributed by atoms with van der Waals surface area (Å²) in [5.74, 6) is 0. The molecule has 2 rings (SSSR count). The Morgan fingerprint density at radius 2 is 2.22 bits per heavy atom. The highest BCUT2D eigenvalue weighted by molar-refractivity contribution is 7.13. The van der Waals surface area contributed by atoms with Gasteiger partial charge in [0.05, 0.1) is 5.69 Å². The van der Waals surface area contributed by atoms with Gasteiger partial charge in [0.2, 0.25) is 0 Å². The van der Waals surface area contributed by atoms with Crippen molar-refractivity contribution in [2.45, 2.75) is 39.5 Å². The van der Waals surface area contributed by atoms with E-state index in [-0.39, 0.29) is 0 Å². The molecule has 0 aliphatic carbocycles. The molecule has 98 valence electrons. The molecule has 1 aromatic rings. The maximum atomic E-state index is 7.87. The third-order valence-electron chi connectivity index (χ3n) is 3.19. The molecule has 18 heavy (non-hydrogen) atoms. The van der Waals surface area contributed by atoms with Crippen molar-refractivity contribution in [2.75, 3.05) is 18.0 Å². The average Bonchev–Trinajstić information content (AvgIpc) is 2.99. The fourth-order valence-corrected chi connectivity index (χ4v) is 3.06. The fourth-order valence-electron chi connectivity index (χ4n) is 2.18. The van der Waals surface area contributed by atoms with E-state index in [4.69, 9.17) is 10.4 Å². The van der Waals surface area contributed by atoms with Crippen molar-refractivity contribution >= 4 is 27.8 Å². The predicted molar refractivity (Wildman–Crippen MR) is 79.8 cm³/mol. The number of unbranched alkanes of at least 4 members (excludes halogenated alkanes) is 1. The summed E-state index contributed by atoms with van der Waals surface area (Å²) in [5.41, 5.74) is 2.59. The normalized spacial score (nSPS) is 16.3.